The molecule has 19 heavy (non-hydrogen) atoms. The van der Waals surface area contributed by atoms with Crippen molar-refractivity contribution >= 4 is 34.1 Å². The maximum absolute atomic E-state index is 6.32. The van der Waals surface area contributed by atoms with E-state index in [1.165, 1.54) is 5.56 Å². The largest absolute Gasteiger partial charge is 0.248 e. The number of hydrogen-bond donors (Lipinski definition) is 0. The van der Waals surface area contributed by atoms with E-state index in [9.17, 15) is 0 Å². The Bertz CT molecular complexity index is 749. The molecular formula is C16H11Cl2N. The summed E-state index contributed by atoms with van der Waals surface area (Å²) in [6.07, 6.45) is 0. The van der Waals surface area contributed by atoms with E-state index in [1.807, 2.05) is 24.3 Å². The normalized spacial score (nSPS) is 10.9. The molecule has 0 radical (unpaired) electrons. The number of halogens is 2. The van der Waals surface area contributed by atoms with Gasteiger partial charge in [-0.3, -0.25) is 0 Å². The third-order valence-electron chi connectivity index (χ3n) is 3.07. The van der Waals surface area contributed by atoms with Gasteiger partial charge < -0.3 is 0 Å². The maximum atomic E-state index is 6.32. The third kappa shape index (κ3) is 2.44. The van der Waals surface area contributed by atoms with Gasteiger partial charge in [-0.05, 0) is 31.2 Å². The highest BCUT2D eigenvalue weighted by Gasteiger charge is 2.06. The SMILES string of the molecule is Cc1ccc(-c2cc(Cl)c3cc(Cl)ccc3n2)cc1. The molecule has 0 amide bonds. The molecule has 0 aliphatic rings. The molecule has 0 bridgehead atoms. The number of nitrogens with zero attached hydrogens (tertiary/aromatic N) is 1. The van der Waals surface area contributed by atoms with Crippen LogP contribution in [0.5, 0.6) is 0 Å². The molecule has 0 aliphatic carbocycles. The summed E-state index contributed by atoms with van der Waals surface area (Å²) in [5, 5.41) is 2.22. The van der Waals surface area contributed by atoms with Gasteiger partial charge in [-0.15, -0.1) is 0 Å². The zero-order valence-electron chi connectivity index (χ0n) is 10.3. The summed E-state index contributed by atoms with van der Waals surface area (Å²) in [6.45, 7) is 2.06. The fourth-order valence-corrected chi connectivity index (χ4v) is 2.46. The summed E-state index contributed by atoms with van der Waals surface area (Å²) >= 11 is 12.3. The van der Waals surface area contributed by atoms with Gasteiger partial charge in [0.25, 0.3) is 0 Å². The maximum Gasteiger partial charge on any atom is 0.0725 e. The lowest BCUT2D eigenvalue weighted by molar-refractivity contribution is 1.38. The molecule has 2 aromatic carbocycles. The third-order valence-corrected chi connectivity index (χ3v) is 3.62. The molecule has 0 atom stereocenters. The minimum absolute atomic E-state index is 0.666. The average molecular weight is 288 g/mol. The predicted octanol–water partition coefficient (Wildman–Crippen LogP) is 5.52. The second-order valence-corrected chi connectivity index (χ2v) is 5.36. The molecule has 3 rings (SSSR count). The van der Waals surface area contributed by atoms with Gasteiger partial charge in [0, 0.05) is 16.0 Å². The van der Waals surface area contributed by atoms with E-state index in [2.05, 4.69) is 36.2 Å². The zero-order valence-corrected chi connectivity index (χ0v) is 11.8. The van der Waals surface area contributed by atoms with Crippen LogP contribution in [0.25, 0.3) is 22.2 Å². The van der Waals surface area contributed by atoms with Gasteiger partial charge in [0.15, 0.2) is 0 Å². The van der Waals surface area contributed by atoms with Gasteiger partial charge in [-0.25, -0.2) is 4.98 Å². The van der Waals surface area contributed by atoms with Crippen LogP contribution in [0.2, 0.25) is 10.0 Å². The molecule has 0 unspecified atom stereocenters. The van der Waals surface area contributed by atoms with E-state index in [-0.39, 0.29) is 0 Å². The van der Waals surface area contributed by atoms with Crippen molar-refractivity contribution in [3.05, 3.63) is 64.1 Å². The highest BCUT2D eigenvalue weighted by Crippen LogP contribution is 2.29. The zero-order chi connectivity index (χ0) is 13.4. The van der Waals surface area contributed by atoms with Gasteiger partial charge in [0.2, 0.25) is 0 Å². The molecular weight excluding hydrogens is 277 g/mol. The number of hydrogen-bond acceptors (Lipinski definition) is 1. The Labute approximate surface area is 121 Å². The Kier molecular flexibility index (Phi) is 3.17. The highest BCUT2D eigenvalue weighted by molar-refractivity contribution is 6.37. The molecule has 1 aromatic heterocycles. The molecule has 3 heteroatoms. The van der Waals surface area contributed by atoms with Crippen LogP contribution in [0, 0.1) is 6.92 Å². The molecule has 0 saturated carbocycles. The molecule has 3 aromatic rings. The van der Waals surface area contributed by atoms with Gasteiger partial charge in [-0.1, -0.05) is 53.0 Å². The van der Waals surface area contributed by atoms with Gasteiger partial charge in [0.1, 0.15) is 0 Å². The van der Waals surface area contributed by atoms with Crippen molar-refractivity contribution in [1.82, 2.24) is 4.98 Å². The second-order valence-electron chi connectivity index (χ2n) is 4.52. The Morgan fingerprint density at radius 2 is 1.63 bits per heavy atom. The summed E-state index contributed by atoms with van der Waals surface area (Å²) in [5.74, 6) is 0. The first-order valence-electron chi connectivity index (χ1n) is 5.96. The van der Waals surface area contributed by atoms with Gasteiger partial charge in [0.05, 0.1) is 16.2 Å². The lowest BCUT2D eigenvalue weighted by atomic mass is 10.1. The monoisotopic (exact) mass is 287 g/mol. The Hall–Kier alpha value is -1.57. The van der Waals surface area contributed by atoms with E-state index < -0.39 is 0 Å². The molecule has 0 fully saturated rings. The molecule has 1 heterocycles. The van der Waals surface area contributed by atoms with Crippen molar-refractivity contribution in [2.45, 2.75) is 6.92 Å². The standard InChI is InChI=1S/C16H11Cl2N/c1-10-2-4-11(5-3-10)16-9-14(18)13-8-12(17)6-7-15(13)19-16/h2-9H,1H3. The van der Waals surface area contributed by atoms with Crippen LogP contribution in [-0.2, 0) is 0 Å². The lowest BCUT2D eigenvalue weighted by Crippen LogP contribution is -1.87. The van der Waals surface area contributed by atoms with Gasteiger partial charge in [-0.2, -0.15) is 0 Å². The molecule has 0 aliphatic heterocycles. The van der Waals surface area contributed by atoms with Gasteiger partial charge >= 0.3 is 0 Å². The van der Waals surface area contributed by atoms with Crippen molar-refractivity contribution in [3.8, 4) is 11.3 Å². The number of aryl methyl sites for hydroxylation is 1. The number of fused-ring (bicyclic) bond motifs is 1. The summed E-state index contributed by atoms with van der Waals surface area (Å²) in [6, 6.07) is 15.7. The quantitative estimate of drug-likeness (QED) is 0.574. The van der Waals surface area contributed by atoms with Crippen molar-refractivity contribution in [2.24, 2.45) is 0 Å². The van der Waals surface area contributed by atoms with Crippen molar-refractivity contribution in [3.63, 3.8) is 0 Å². The van der Waals surface area contributed by atoms with E-state index in [4.69, 9.17) is 23.2 Å². The fraction of sp³-hybridized carbons (Fsp3) is 0.0625. The van der Waals surface area contributed by atoms with E-state index in [0.717, 1.165) is 22.2 Å². The Balaban J connectivity index is 2.20. The number of rotatable bonds is 1. The first kappa shape index (κ1) is 12.5. The van der Waals surface area contributed by atoms with E-state index >= 15 is 0 Å². The molecule has 94 valence electrons. The fourth-order valence-electron chi connectivity index (χ4n) is 2.03. The minimum atomic E-state index is 0.666. The van der Waals surface area contributed by atoms with Crippen molar-refractivity contribution in [1.29, 1.82) is 0 Å². The average Bonchev–Trinajstić information content (AvgIpc) is 2.40. The first-order valence-corrected chi connectivity index (χ1v) is 6.72. The van der Waals surface area contributed by atoms with Crippen LogP contribution in [-0.4, -0.2) is 4.98 Å². The summed E-state index contributed by atoms with van der Waals surface area (Å²) in [7, 11) is 0. The number of benzene rings is 2. The van der Waals surface area contributed by atoms with Crippen LogP contribution in [0.1, 0.15) is 5.56 Å². The smallest absolute Gasteiger partial charge is 0.0725 e. The van der Waals surface area contributed by atoms with E-state index in [0.29, 0.717) is 10.0 Å². The van der Waals surface area contributed by atoms with E-state index in [1.54, 1.807) is 0 Å². The van der Waals surface area contributed by atoms with Crippen molar-refractivity contribution < 1.29 is 0 Å². The second kappa shape index (κ2) is 4.84. The topological polar surface area (TPSA) is 12.9 Å². The molecule has 1 nitrogen and oxygen atoms in total. The summed E-state index contributed by atoms with van der Waals surface area (Å²) in [5.41, 5.74) is 4.01. The molecule has 0 saturated heterocycles. The van der Waals surface area contributed by atoms with Crippen LogP contribution < -0.4 is 0 Å². The summed E-state index contributed by atoms with van der Waals surface area (Å²) < 4.78 is 0. The highest BCUT2D eigenvalue weighted by atomic mass is 35.5. The molecule has 0 spiro atoms. The van der Waals surface area contributed by atoms with Crippen LogP contribution in [0.4, 0.5) is 0 Å². The number of pyridine rings is 1. The predicted molar refractivity (Wildman–Crippen MR) is 81.9 cm³/mol. The number of aromatic nitrogens is 1. The lowest BCUT2D eigenvalue weighted by Gasteiger charge is -2.06. The van der Waals surface area contributed by atoms with Crippen molar-refractivity contribution in [2.75, 3.05) is 0 Å². The van der Waals surface area contributed by atoms with Crippen LogP contribution in [0.3, 0.4) is 0 Å². The first-order chi connectivity index (χ1) is 9.13. The minimum Gasteiger partial charge on any atom is -0.248 e. The Morgan fingerprint density at radius 3 is 2.37 bits per heavy atom. The van der Waals surface area contributed by atoms with Crippen LogP contribution >= 0.6 is 23.2 Å². The Morgan fingerprint density at radius 1 is 0.895 bits per heavy atom. The molecule has 0 N–H and O–H groups in total. The van der Waals surface area contributed by atoms with Crippen LogP contribution in [0.15, 0.2) is 48.5 Å². The summed E-state index contributed by atoms with van der Waals surface area (Å²) in [4.78, 5) is 4.63.